The number of likely N-dealkylation sites (N-methyl/N-ethyl adjacent to an activating group) is 1. The molecule has 0 aliphatic carbocycles. The van der Waals surface area contributed by atoms with E-state index in [0.29, 0.717) is 12.6 Å². The van der Waals surface area contributed by atoms with Crippen LogP contribution in [0.5, 0.6) is 0 Å². The molecule has 0 saturated heterocycles. The van der Waals surface area contributed by atoms with Crippen LogP contribution in [0.15, 0.2) is 0 Å². The molecule has 0 aliphatic heterocycles. The molecule has 4 nitrogen and oxygen atoms in total. The predicted molar refractivity (Wildman–Crippen MR) is 62.3 cm³/mol. The topological polar surface area (TPSA) is 76.1 Å². The fraction of sp³-hybridized carbons (Fsp3) is 1.00. The Bertz CT molecular complexity index is 119. The summed E-state index contributed by atoms with van der Waals surface area (Å²) in [5.74, 6) is 0. The van der Waals surface area contributed by atoms with Gasteiger partial charge in [0.1, 0.15) is 0 Å². The summed E-state index contributed by atoms with van der Waals surface area (Å²) in [4.78, 5) is 0. The molecule has 0 radical (unpaired) electrons. The van der Waals surface area contributed by atoms with E-state index >= 15 is 0 Å². The van der Waals surface area contributed by atoms with Crippen LogP contribution in [0, 0.1) is 0 Å². The maximum Gasteiger partial charge on any atom is 0.0231 e. The van der Waals surface area contributed by atoms with Crippen molar-refractivity contribution in [3.8, 4) is 0 Å². The molecule has 2 atom stereocenters. The monoisotopic (exact) mass is 202 g/mol. The second-order valence-corrected chi connectivity index (χ2v) is 3.55. The lowest BCUT2D eigenvalue weighted by molar-refractivity contribution is 0.393. The van der Waals surface area contributed by atoms with Gasteiger partial charge in [-0.3, -0.25) is 0 Å². The summed E-state index contributed by atoms with van der Waals surface area (Å²) in [6.07, 6.45) is 1.96. The average Bonchev–Trinajstić information content (AvgIpc) is 2.17. The molecule has 0 spiro atoms. The van der Waals surface area contributed by atoms with Crippen molar-refractivity contribution in [3.05, 3.63) is 0 Å². The first-order valence-corrected chi connectivity index (χ1v) is 5.65. The lowest BCUT2D eigenvalue weighted by Gasteiger charge is -2.24. The van der Waals surface area contributed by atoms with E-state index < -0.39 is 0 Å². The minimum Gasteiger partial charge on any atom is -0.330 e. The molecule has 0 rings (SSSR count). The van der Waals surface area contributed by atoms with E-state index in [4.69, 9.17) is 11.5 Å². The summed E-state index contributed by atoms with van der Waals surface area (Å²) in [7, 11) is 0. The van der Waals surface area contributed by atoms with Gasteiger partial charge in [0.15, 0.2) is 0 Å². The molecule has 86 valence electrons. The highest BCUT2D eigenvalue weighted by atomic mass is 15.0. The van der Waals surface area contributed by atoms with Crippen LogP contribution in [0.1, 0.15) is 26.7 Å². The lowest BCUT2D eigenvalue weighted by Crippen LogP contribution is -2.47. The van der Waals surface area contributed by atoms with Crippen molar-refractivity contribution >= 4 is 0 Å². The molecule has 0 aromatic carbocycles. The zero-order valence-electron chi connectivity index (χ0n) is 9.55. The normalized spacial score (nSPS) is 15.4. The van der Waals surface area contributed by atoms with E-state index in [1.807, 2.05) is 0 Å². The second kappa shape index (κ2) is 9.40. The van der Waals surface area contributed by atoms with Gasteiger partial charge in [-0.25, -0.2) is 0 Å². The van der Waals surface area contributed by atoms with Crippen molar-refractivity contribution in [2.45, 2.75) is 38.8 Å². The first-order chi connectivity index (χ1) is 6.76. The minimum absolute atomic E-state index is 0.179. The van der Waals surface area contributed by atoms with Gasteiger partial charge in [0.25, 0.3) is 0 Å². The van der Waals surface area contributed by atoms with Gasteiger partial charge < -0.3 is 22.1 Å². The molecule has 0 saturated carbocycles. The van der Waals surface area contributed by atoms with Crippen LogP contribution in [-0.2, 0) is 0 Å². The molecule has 0 bridgehead atoms. The van der Waals surface area contributed by atoms with Gasteiger partial charge in [0.05, 0.1) is 0 Å². The van der Waals surface area contributed by atoms with Gasteiger partial charge >= 0.3 is 0 Å². The molecule has 6 N–H and O–H groups in total. The molecule has 0 amide bonds. The number of hydrogen-bond donors (Lipinski definition) is 4. The molecule has 0 fully saturated rings. The number of rotatable bonds is 9. The zero-order chi connectivity index (χ0) is 10.8. The highest BCUT2D eigenvalue weighted by molar-refractivity contribution is 4.79. The van der Waals surface area contributed by atoms with Crippen LogP contribution >= 0.6 is 0 Å². The van der Waals surface area contributed by atoms with Crippen LogP contribution in [0.2, 0.25) is 0 Å². The smallest absolute Gasteiger partial charge is 0.0231 e. The fourth-order valence-electron chi connectivity index (χ4n) is 1.56. The number of hydrogen-bond acceptors (Lipinski definition) is 4. The molecular formula is C10H26N4. The highest BCUT2D eigenvalue weighted by Crippen LogP contribution is 1.99. The van der Waals surface area contributed by atoms with Crippen molar-refractivity contribution < 1.29 is 0 Å². The fourth-order valence-corrected chi connectivity index (χ4v) is 1.56. The molecule has 0 heterocycles. The highest BCUT2D eigenvalue weighted by Gasteiger charge is 2.14. The SMILES string of the molecule is CCNCCC(NCC)C(N)CCN. The maximum atomic E-state index is 6.03. The summed E-state index contributed by atoms with van der Waals surface area (Å²) >= 11 is 0. The van der Waals surface area contributed by atoms with Crippen molar-refractivity contribution in [2.24, 2.45) is 11.5 Å². The third kappa shape index (κ3) is 6.32. The van der Waals surface area contributed by atoms with E-state index in [1.54, 1.807) is 0 Å². The van der Waals surface area contributed by atoms with Crippen molar-refractivity contribution in [1.29, 1.82) is 0 Å². The Morgan fingerprint density at radius 3 is 2.36 bits per heavy atom. The van der Waals surface area contributed by atoms with Gasteiger partial charge in [-0.15, -0.1) is 0 Å². The quantitative estimate of drug-likeness (QED) is 0.385. The largest absolute Gasteiger partial charge is 0.330 e. The molecule has 0 aliphatic rings. The standard InChI is InChI=1S/C10H26N4/c1-3-13-8-6-10(14-4-2)9(12)5-7-11/h9-10,13-14H,3-8,11-12H2,1-2H3. The van der Waals surface area contributed by atoms with E-state index in [9.17, 15) is 0 Å². The van der Waals surface area contributed by atoms with Crippen molar-refractivity contribution in [2.75, 3.05) is 26.2 Å². The Kier molecular flexibility index (Phi) is 9.29. The Hall–Kier alpha value is -0.160. The summed E-state index contributed by atoms with van der Waals surface area (Å²) < 4.78 is 0. The van der Waals surface area contributed by atoms with Gasteiger partial charge in [-0.1, -0.05) is 13.8 Å². The van der Waals surface area contributed by atoms with Crippen LogP contribution in [0.4, 0.5) is 0 Å². The molecule has 0 aromatic heterocycles. The zero-order valence-corrected chi connectivity index (χ0v) is 9.55. The number of nitrogens with one attached hydrogen (secondary N) is 2. The van der Waals surface area contributed by atoms with Crippen molar-refractivity contribution in [1.82, 2.24) is 10.6 Å². The number of nitrogens with two attached hydrogens (primary N) is 2. The summed E-state index contributed by atoms with van der Waals surface area (Å²) in [6, 6.07) is 0.571. The van der Waals surface area contributed by atoms with Crippen LogP contribution < -0.4 is 22.1 Å². The summed E-state index contributed by atoms with van der Waals surface area (Å²) in [5.41, 5.74) is 11.5. The average molecular weight is 202 g/mol. The van der Waals surface area contributed by atoms with E-state index in [0.717, 1.165) is 32.5 Å². The van der Waals surface area contributed by atoms with Gasteiger partial charge in [0, 0.05) is 12.1 Å². The second-order valence-electron chi connectivity index (χ2n) is 3.55. The van der Waals surface area contributed by atoms with Gasteiger partial charge in [0.2, 0.25) is 0 Å². The maximum absolute atomic E-state index is 6.03. The van der Waals surface area contributed by atoms with E-state index in [-0.39, 0.29) is 6.04 Å². The van der Waals surface area contributed by atoms with Crippen LogP contribution in [-0.4, -0.2) is 38.3 Å². The Balaban J connectivity index is 3.74. The Morgan fingerprint density at radius 1 is 1.14 bits per heavy atom. The molecular weight excluding hydrogens is 176 g/mol. The first-order valence-electron chi connectivity index (χ1n) is 5.65. The van der Waals surface area contributed by atoms with Crippen LogP contribution in [0.3, 0.4) is 0 Å². The predicted octanol–water partition coefficient (Wildman–Crippen LogP) is -0.360. The van der Waals surface area contributed by atoms with Crippen molar-refractivity contribution in [3.63, 3.8) is 0 Å². The minimum atomic E-state index is 0.179. The molecule has 2 unspecified atom stereocenters. The molecule has 4 heteroatoms. The molecule has 0 aromatic rings. The van der Waals surface area contributed by atoms with Gasteiger partial charge in [-0.05, 0) is 39.0 Å². The lowest BCUT2D eigenvalue weighted by atomic mass is 10.0. The third-order valence-electron chi connectivity index (χ3n) is 2.37. The summed E-state index contributed by atoms with van der Waals surface area (Å²) in [5, 5.41) is 6.71. The Labute approximate surface area is 87.8 Å². The van der Waals surface area contributed by atoms with Crippen LogP contribution in [0.25, 0.3) is 0 Å². The van der Waals surface area contributed by atoms with E-state index in [2.05, 4.69) is 24.5 Å². The summed E-state index contributed by atoms with van der Waals surface area (Å²) in [6.45, 7) is 7.90. The third-order valence-corrected chi connectivity index (χ3v) is 2.37. The first kappa shape index (κ1) is 13.8. The van der Waals surface area contributed by atoms with E-state index in [1.165, 1.54) is 0 Å². The van der Waals surface area contributed by atoms with Gasteiger partial charge in [-0.2, -0.15) is 0 Å². The molecule has 14 heavy (non-hydrogen) atoms. The Morgan fingerprint density at radius 2 is 1.86 bits per heavy atom.